The van der Waals surface area contributed by atoms with Crippen LogP contribution in [0.2, 0.25) is 0 Å². The van der Waals surface area contributed by atoms with E-state index in [0.717, 1.165) is 0 Å². The second-order valence-corrected chi connectivity index (χ2v) is 1.19. The largest absolute Gasteiger partial charge is 0.412 e. The highest BCUT2D eigenvalue weighted by Crippen LogP contribution is 1.60. The van der Waals surface area contributed by atoms with Crippen LogP contribution in [-0.2, 0) is 0 Å². The van der Waals surface area contributed by atoms with E-state index < -0.39 is 10.2 Å². The number of hydrogen-bond acceptors (Lipinski definition) is 4. The zero-order chi connectivity index (χ0) is 4.50. The number of rotatable bonds is 0. The molecule has 84 valence electrons. The Hall–Kier alpha value is 0.656. The van der Waals surface area contributed by atoms with E-state index in [1.54, 1.807) is 0 Å². The van der Waals surface area contributed by atoms with Gasteiger partial charge < -0.3 is 32.9 Å². The Labute approximate surface area is 85.2 Å². The van der Waals surface area contributed by atoms with Crippen molar-refractivity contribution in [3.05, 3.63) is 0 Å². The highest BCUT2D eigenvalue weighted by Gasteiger charge is 1.98. The Balaban J connectivity index is -0.00000000381. The lowest BCUT2D eigenvalue weighted by molar-refractivity contribution is -1.92. The van der Waals surface area contributed by atoms with Gasteiger partial charge in [-0.25, -0.2) is 0 Å². The van der Waals surface area contributed by atoms with Gasteiger partial charge in [-0.3, -0.25) is 0 Å². The summed E-state index contributed by atoms with van der Waals surface area (Å²) in [6.07, 6.45) is 0. The molecule has 0 spiro atoms. The lowest BCUT2D eigenvalue weighted by Gasteiger charge is -2.03. The maximum atomic E-state index is 8.60. The van der Waals surface area contributed by atoms with Crippen LogP contribution in [-0.4, -0.2) is 60.6 Å². The maximum Gasteiger partial charge on any atom is 0.316 e. The minimum atomic E-state index is -4.69. The van der Waals surface area contributed by atoms with Crippen molar-refractivity contribution in [1.29, 1.82) is 0 Å². The highest BCUT2D eigenvalue weighted by molar-refractivity contribution is 5.75. The molecular weight excluding hydrogens is 220 g/mol. The lowest BCUT2D eigenvalue weighted by Crippen LogP contribution is -2.58. The van der Waals surface area contributed by atoms with Crippen molar-refractivity contribution in [2.75, 3.05) is 0 Å². The highest BCUT2D eigenvalue weighted by atomic mass is 35.7. The van der Waals surface area contributed by atoms with Crippen molar-refractivity contribution in [2.24, 2.45) is 0 Å². The summed E-state index contributed by atoms with van der Waals surface area (Å²) in [6.45, 7) is 0. The molecule has 0 aliphatic carbocycles. The average Bonchev–Trinajstić information content (AvgIpc) is 0.722. The third-order valence-corrected chi connectivity index (χ3v) is 0. The molecular formula is H15ClMgO10. The molecule has 0 radical (unpaired) electrons. The average molecular weight is 235 g/mol. The Morgan fingerprint density at radius 2 is 0.667 bits per heavy atom. The predicted octanol–water partition coefficient (Wildman–Crippen LogP) is -9.99. The van der Waals surface area contributed by atoms with E-state index in [1.165, 1.54) is 0 Å². The minimum absolute atomic E-state index is 0. The van der Waals surface area contributed by atoms with Gasteiger partial charge in [0.05, 0.1) is 14.9 Å². The first kappa shape index (κ1) is 79.3. The Bertz CT molecular complexity index is 25.3. The Morgan fingerprint density at radius 1 is 0.667 bits per heavy atom. The first-order chi connectivity index (χ1) is 2.00. The maximum absolute atomic E-state index is 8.60. The standard InChI is InChI=1S/ClHO4.Mg.6H2O.2H/c2-1(3,4)5;;;;;;;;;/h(H,2,3,4,5);;6*1H2;;. The molecule has 13 N–H and O–H groups in total. The minimum Gasteiger partial charge on any atom is -0.412 e. The van der Waals surface area contributed by atoms with Gasteiger partial charge in [0.25, 0.3) is 0 Å². The van der Waals surface area contributed by atoms with Crippen molar-refractivity contribution in [1.82, 2.24) is 0 Å². The molecule has 0 unspecified atom stereocenters. The molecule has 0 aromatic heterocycles. The van der Waals surface area contributed by atoms with Gasteiger partial charge in [-0.15, -0.1) is 0 Å². The quantitative estimate of drug-likeness (QED) is 0.399. The Morgan fingerprint density at radius 3 is 0.667 bits per heavy atom. The molecule has 0 saturated heterocycles. The van der Waals surface area contributed by atoms with E-state index in [9.17, 15) is 0 Å². The Kier molecular flexibility index (Phi) is 197. The number of halogens is 1. The summed E-state index contributed by atoms with van der Waals surface area (Å²) in [5.74, 6) is 0. The summed E-state index contributed by atoms with van der Waals surface area (Å²) in [7, 11) is -4.69. The van der Waals surface area contributed by atoms with Crippen molar-refractivity contribution >= 4 is 23.1 Å². The fraction of sp³-hybridized carbons (Fsp3) is 0. The zero-order valence-electron chi connectivity index (χ0n) is 5.05. The molecule has 0 aliphatic heterocycles. The molecule has 0 rings (SSSR count). The fourth-order valence-corrected chi connectivity index (χ4v) is 0. The molecule has 0 amide bonds. The smallest absolute Gasteiger partial charge is 0.316 e. The first-order valence-electron chi connectivity index (χ1n) is 0.632. The molecule has 10 nitrogen and oxygen atoms in total. The van der Waals surface area contributed by atoms with E-state index in [1.807, 2.05) is 0 Å². The molecule has 0 saturated carbocycles. The normalized spacial score (nSPS) is 5.00. The zero-order valence-corrected chi connectivity index (χ0v) is 5.81. The molecule has 0 aromatic rings. The van der Waals surface area contributed by atoms with Crippen LogP contribution in [0.5, 0.6) is 0 Å². The van der Waals surface area contributed by atoms with Gasteiger partial charge in [0, 0.05) is 0 Å². The summed E-state index contributed by atoms with van der Waals surface area (Å²) < 4.78 is 32.7. The van der Waals surface area contributed by atoms with Crippen LogP contribution in [0.1, 0.15) is 0 Å². The SMILES string of the molecule is O.O.O.O.O.O.[MgH2].[O-][Cl+3]([O-])([O-])O. The summed E-state index contributed by atoms with van der Waals surface area (Å²) in [4.78, 5) is 0. The van der Waals surface area contributed by atoms with Crippen LogP contribution >= 0.6 is 0 Å². The molecule has 0 aromatic carbocycles. The fourth-order valence-electron chi connectivity index (χ4n) is 0. The van der Waals surface area contributed by atoms with Gasteiger partial charge in [0.2, 0.25) is 0 Å². The van der Waals surface area contributed by atoms with E-state index in [0.29, 0.717) is 0 Å². The summed E-state index contributed by atoms with van der Waals surface area (Å²) in [5, 5.41) is 0. The van der Waals surface area contributed by atoms with Crippen molar-refractivity contribution in [3.8, 4) is 0 Å². The van der Waals surface area contributed by atoms with Gasteiger partial charge in [-0.05, 0) is 0 Å². The molecule has 12 heteroatoms. The second-order valence-electron chi connectivity index (χ2n) is 0.396. The van der Waals surface area contributed by atoms with Crippen LogP contribution < -0.4 is 14.0 Å². The van der Waals surface area contributed by atoms with Crippen LogP contribution in [0, 0.1) is 10.2 Å². The van der Waals surface area contributed by atoms with Gasteiger partial charge in [0.15, 0.2) is 0 Å². The lowest BCUT2D eigenvalue weighted by atomic mass is 15.8. The summed E-state index contributed by atoms with van der Waals surface area (Å²) >= 11 is 0. The first-order valence-corrected chi connectivity index (χ1v) is 1.90. The number of hydrogen-bond donors (Lipinski definition) is 1. The van der Waals surface area contributed by atoms with Crippen LogP contribution in [0.15, 0.2) is 0 Å². The van der Waals surface area contributed by atoms with Gasteiger partial charge in [0.1, 0.15) is 0 Å². The molecule has 0 fully saturated rings. The van der Waals surface area contributed by atoms with E-state index in [4.69, 9.17) is 18.6 Å². The van der Waals surface area contributed by atoms with Crippen LogP contribution in [0.25, 0.3) is 0 Å². The monoisotopic (exact) mass is 234 g/mol. The molecule has 12 heavy (non-hydrogen) atoms. The van der Waals surface area contributed by atoms with Gasteiger partial charge in [-0.1, -0.05) is 0 Å². The van der Waals surface area contributed by atoms with Crippen molar-refractivity contribution in [3.63, 3.8) is 0 Å². The van der Waals surface area contributed by atoms with Crippen LogP contribution in [0.4, 0.5) is 0 Å². The van der Waals surface area contributed by atoms with Crippen LogP contribution in [0.3, 0.4) is 0 Å². The third kappa shape index (κ3) is 2310. The molecule has 0 atom stereocenters. The topological polar surface area (TPSA) is 278 Å². The van der Waals surface area contributed by atoms with Crippen molar-refractivity contribution in [2.45, 2.75) is 0 Å². The molecule has 0 aliphatic rings. The van der Waals surface area contributed by atoms with Gasteiger partial charge >= 0.3 is 23.1 Å². The molecule has 0 bridgehead atoms. The third-order valence-electron chi connectivity index (χ3n) is 0. The summed E-state index contributed by atoms with van der Waals surface area (Å²) in [6, 6.07) is 0. The van der Waals surface area contributed by atoms with Crippen molar-refractivity contribution < 1.29 is 61.7 Å². The van der Waals surface area contributed by atoms with E-state index in [2.05, 4.69) is 0 Å². The van der Waals surface area contributed by atoms with Gasteiger partial charge in [-0.2, -0.15) is 14.0 Å². The summed E-state index contributed by atoms with van der Waals surface area (Å²) in [5.41, 5.74) is 0. The molecule has 0 heterocycles. The van der Waals surface area contributed by atoms with E-state index in [-0.39, 0.29) is 55.9 Å². The second kappa shape index (κ2) is 29.9. The predicted molar refractivity (Wildman–Crippen MR) is 32.4 cm³/mol. The van der Waals surface area contributed by atoms with E-state index >= 15 is 0 Å².